The molecule has 228 valence electrons. The van der Waals surface area contributed by atoms with Crippen LogP contribution in [0.1, 0.15) is 42.6 Å². The number of benzene rings is 1. The van der Waals surface area contributed by atoms with Gasteiger partial charge >= 0.3 is 12.1 Å². The van der Waals surface area contributed by atoms with E-state index in [1.165, 1.54) is 23.2 Å². The second-order valence-electron chi connectivity index (χ2n) is 11.2. The van der Waals surface area contributed by atoms with E-state index in [-0.39, 0.29) is 54.3 Å². The van der Waals surface area contributed by atoms with Crippen LogP contribution in [0.15, 0.2) is 35.3 Å². The molecule has 3 aromatic rings. The fourth-order valence-electron chi connectivity index (χ4n) is 5.53. The Hall–Kier alpha value is -4.30. The lowest BCUT2D eigenvalue weighted by atomic mass is 10.1. The minimum Gasteiger partial charge on any atom is -0.490 e. The van der Waals surface area contributed by atoms with Crippen molar-refractivity contribution in [2.24, 2.45) is 5.92 Å². The number of nitrogens with zero attached hydrogens (tertiary/aromatic N) is 4. The average molecular weight is 600 g/mol. The molecule has 0 spiro atoms. The zero-order valence-electron chi connectivity index (χ0n) is 23.3. The van der Waals surface area contributed by atoms with Crippen molar-refractivity contribution in [1.29, 1.82) is 0 Å². The molecule has 3 N–H and O–H groups in total. The number of aliphatic hydroxyl groups excluding tert-OH is 1. The van der Waals surface area contributed by atoms with Crippen LogP contribution in [0.5, 0.6) is 5.75 Å². The number of carboxylic acids is 1. The quantitative estimate of drug-likeness (QED) is 0.297. The minimum atomic E-state index is -1.37. The highest BCUT2D eigenvalue weighted by Crippen LogP contribution is 2.37. The Bertz CT molecular complexity index is 1640. The number of hydrogen-bond acceptors (Lipinski definition) is 9. The number of anilines is 2. The summed E-state index contributed by atoms with van der Waals surface area (Å²) < 4.78 is 42.8. The van der Waals surface area contributed by atoms with E-state index in [2.05, 4.69) is 10.3 Å². The predicted octanol–water partition coefficient (Wildman–Crippen LogP) is 2.87. The van der Waals surface area contributed by atoms with E-state index in [1.54, 1.807) is 22.5 Å². The summed E-state index contributed by atoms with van der Waals surface area (Å²) in [6.45, 7) is 3.03. The second kappa shape index (κ2) is 11.4. The number of amides is 1. The molecule has 43 heavy (non-hydrogen) atoms. The summed E-state index contributed by atoms with van der Waals surface area (Å²) in [4.78, 5) is 44.1. The van der Waals surface area contributed by atoms with Gasteiger partial charge in [-0.2, -0.15) is 0 Å². The van der Waals surface area contributed by atoms with E-state index in [1.807, 2.05) is 0 Å². The highest BCUT2D eigenvalue weighted by Gasteiger charge is 2.34. The average Bonchev–Trinajstić information content (AvgIpc) is 3.58. The van der Waals surface area contributed by atoms with Crippen LogP contribution in [0.4, 0.5) is 25.1 Å². The van der Waals surface area contributed by atoms with Crippen molar-refractivity contribution >= 4 is 34.6 Å². The number of halogens is 2. The van der Waals surface area contributed by atoms with E-state index in [9.17, 15) is 29.0 Å². The Morgan fingerprint density at radius 3 is 2.67 bits per heavy atom. The Morgan fingerprint density at radius 1 is 1.19 bits per heavy atom. The number of rotatable bonds is 10. The van der Waals surface area contributed by atoms with Crippen molar-refractivity contribution < 1.29 is 38.1 Å². The highest BCUT2D eigenvalue weighted by molar-refractivity contribution is 5.92. The summed E-state index contributed by atoms with van der Waals surface area (Å²) in [5, 5.41) is 21.5. The van der Waals surface area contributed by atoms with E-state index < -0.39 is 47.0 Å². The summed E-state index contributed by atoms with van der Waals surface area (Å²) in [7, 11) is 0. The third-order valence-electron chi connectivity index (χ3n) is 7.91. The largest absolute Gasteiger partial charge is 0.490 e. The number of carbonyl (C=O) groups is 2. The molecule has 1 saturated carbocycles. The molecule has 12 nitrogen and oxygen atoms in total. The summed E-state index contributed by atoms with van der Waals surface area (Å²) in [5.41, 5.74) is -0.614. The third kappa shape index (κ3) is 5.84. The summed E-state index contributed by atoms with van der Waals surface area (Å²) in [5.74, 6) is -2.71. The van der Waals surface area contributed by atoms with Crippen molar-refractivity contribution in [3.63, 3.8) is 0 Å². The monoisotopic (exact) mass is 599 g/mol. The first-order valence-corrected chi connectivity index (χ1v) is 14.1. The van der Waals surface area contributed by atoms with Gasteiger partial charge in [0.2, 0.25) is 5.43 Å². The Labute approximate surface area is 244 Å². The van der Waals surface area contributed by atoms with Crippen molar-refractivity contribution in [2.75, 3.05) is 42.6 Å². The number of nitrogens with one attached hydrogen (secondary N) is 1. The highest BCUT2D eigenvalue weighted by atomic mass is 19.1. The maximum Gasteiger partial charge on any atom is 0.414 e. The number of cyclic esters (lactones) is 1. The van der Waals surface area contributed by atoms with Gasteiger partial charge in [0.05, 0.1) is 24.2 Å². The molecule has 0 radical (unpaired) electrons. The fraction of sp³-hybridized carbons (Fsp3) is 0.448. The zero-order chi connectivity index (χ0) is 30.4. The SMILES string of the molecule is CC(O)NC[C@H]1CN(c2ccc(OCC3CCN(c4nc5c(cc4F)c(=O)c(C(=O)O)cn5C4CC4)C3)c(F)c2)C(=O)O1. The van der Waals surface area contributed by atoms with E-state index in [0.29, 0.717) is 25.2 Å². The maximum atomic E-state index is 15.2. The molecule has 1 aliphatic carbocycles. The van der Waals surface area contributed by atoms with Crippen LogP contribution in [0, 0.1) is 17.6 Å². The third-order valence-corrected chi connectivity index (χ3v) is 7.91. The number of aromatic carboxylic acids is 1. The zero-order valence-corrected chi connectivity index (χ0v) is 23.3. The van der Waals surface area contributed by atoms with Crippen LogP contribution < -0.4 is 25.3 Å². The van der Waals surface area contributed by atoms with Crippen molar-refractivity contribution in [1.82, 2.24) is 14.9 Å². The van der Waals surface area contributed by atoms with E-state index in [4.69, 9.17) is 9.47 Å². The number of carboxylic acid groups (broad SMARTS) is 1. The van der Waals surface area contributed by atoms with Gasteiger partial charge in [-0.3, -0.25) is 15.0 Å². The molecule has 3 aliphatic rings. The first-order valence-electron chi connectivity index (χ1n) is 14.1. The van der Waals surface area contributed by atoms with Crippen molar-refractivity contribution in [3.8, 4) is 5.75 Å². The standard InChI is InChI=1S/C29H31F2N5O7/c1-15(37)32-10-19-12-36(29(41)43-19)18-4-5-24(22(30)8-18)42-14-16-6-7-34(11-16)27-23(31)9-20-25(38)21(28(39)40)13-35(17-2-3-17)26(20)33-27/h4-5,8-9,13,15-17,19,32,37H,2-3,6-7,10-12,14H2,1H3,(H,39,40)/t15?,16?,19-/m0/s1. The molecule has 2 aromatic heterocycles. The van der Waals surface area contributed by atoms with Crippen molar-refractivity contribution in [3.05, 3.63) is 57.9 Å². The molecule has 3 atom stereocenters. The normalized spacial score (nSPS) is 21.0. The van der Waals surface area contributed by atoms with Crippen LogP contribution in [0.3, 0.4) is 0 Å². The Balaban J connectivity index is 1.12. The summed E-state index contributed by atoms with van der Waals surface area (Å²) >= 11 is 0. The number of hydrogen-bond donors (Lipinski definition) is 3. The molecule has 2 saturated heterocycles. The van der Waals surface area contributed by atoms with Gasteiger partial charge in [-0.25, -0.2) is 23.4 Å². The lowest BCUT2D eigenvalue weighted by Crippen LogP contribution is -2.35. The fourth-order valence-corrected chi connectivity index (χ4v) is 5.53. The first-order chi connectivity index (χ1) is 20.6. The van der Waals surface area contributed by atoms with Gasteiger partial charge < -0.3 is 29.2 Å². The molecule has 14 heteroatoms. The molecule has 4 heterocycles. The van der Waals surface area contributed by atoms with E-state index in [0.717, 1.165) is 18.9 Å². The topological polar surface area (TPSA) is 146 Å². The van der Waals surface area contributed by atoms with Crippen LogP contribution in [0.25, 0.3) is 11.0 Å². The van der Waals surface area contributed by atoms with Crippen LogP contribution in [0.2, 0.25) is 0 Å². The molecular formula is C29H31F2N5O7. The molecule has 1 amide bonds. The molecule has 0 bridgehead atoms. The number of pyridine rings is 2. The summed E-state index contributed by atoms with van der Waals surface area (Å²) in [6.07, 6.45) is 1.70. The number of carbonyl (C=O) groups excluding carboxylic acids is 1. The first kappa shape index (κ1) is 28.8. The summed E-state index contributed by atoms with van der Waals surface area (Å²) in [6, 6.07) is 5.28. The maximum absolute atomic E-state index is 15.2. The number of aromatic nitrogens is 2. The van der Waals surface area contributed by atoms with E-state index >= 15 is 4.39 Å². The van der Waals surface area contributed by atoms with Crippen molar-refractivity contribution in [2.45, 2.75) is 44.6 Å². The van der Waals surface area contributed by atoms with Gasteiger partial charge in [0.1, 0.15) is 23.5 Å². The van der Waals surface area contributed by atoms with Gasteiger partial charge in [-0.15, -0.1) is 0 Å². The Morgan fingerprint density at radius 2 is 1.98 bits per heavy atom. The van der Waals surface area contributed by atoms with Gasteiger partial charge in [-0.05, 0) is 44.4 Å². The minimum absolute atomic E-state index is 0.0117. The number of aliphatic hydroxyl groups is 1. The molecule has 2 aliphatic heterocycles. The van der Waals surface area contributed by atoms with Gasteiger partial charge in [0, 0.05) is 43.9 Å². The van der Waals surface area contributed by atoms with Crippen LogP contribution >= 0.6 is 0 Å². The van der Waals surface area contributed by atoms with Gasteiger partial charge in [0.15, 0.2) is 23.2 Å². The molecular weight excluding hydrogens is 568 g/mol. The van der Waals surface area contributed by atoms with Gasteiger partial charge in [0.25, 0.3) is 0 Å². The lowest BCUT2D eigenvalue weighted by Gasteiger charge is -2.20. The Kier molecular flexibility index (Phi) is 7.65. The number of fused-ring (bicyclic) bond motifs is 1. The lowest BCUT2D eigenvalue weighted by molar-refractivity contribution is 0.0694. The predicted molar refractivity (Wildman–Crippen MR) is 151 cm³/mol. The second-order valence-corrected chi connectivity index (χ2v) is 11.2. The van der Waals surface area contributed by atoms with Crippen LogP contribution in [-0.2, 0) is 4.74 Å². The molecule has 3 fully saturated rings. The molecule has 6 rings (SSSR count). The van der Waals surface area contributed by atoms with Gasteiger partial charge in [-0.1, -0.05) is 0 Å². The molecule has 1 aromatic carbocycles. The van der Waals surface area contributed by atoms with Crippen LogP contribution in [-0.4, -0.2) is 76.9 Å². The number of ether oxygens (including phenoxy) is 2. The molecule has 2 unspecified atom stereocenters. The smallest absolute Gasteiger partial charge is 0.414 e.